The Bertz CT molecular complexity index is 1070. The minimum absolute atomic E-state index is 0.0117. The molecule has 0 aliphatic rings. The lowest BCUT2D eigenvalue weighted by Gasteiger charge is -2.12. The van der Waals surface area contributed by atoms with Crippen LogP contribution in [0, 0.1) is 6.92 Å². The molecule has 28 heavy (non-hydrogen) atoms. The van der Waals surface area contributed by atoms with Gasteiger partial charge in [0.25, 0.3) is 0 Å². The van der Waals surface area contributed by atoms with Crippen LogP contribution in [0.5, 0.6) is 5.75 Å². The summed E-state index contributed by atoms with van der Waals surface area (Å²) >= 11 is 5.91. The van der Waals surface area contributed by atoms with E-state index in [-0.39, 0.29) is 17.2 Å². The van der Waals surface area contributed by atoms with E-state index in [1.165, 1.54) is 25.6 Å². The van der Waals surface area contributed by atoms with Gasteiger partial charge in [0.1, 0.15) is 34.4 Å². The number of aryl methyl sites for hydroxylation is 1. The summed E-state index contributed by atoms with van der Waals surface area (Å²) in [6.45, 7) is 2.33. The van der Waals surface area contributed by atoms with E-state index in [1.807, 2.05) is 11.5 Å². The smallest absolute Gasteiger partial charge is 0.244 e. The molecule has 0 spiro atoms. The molecule has 0 bridgehead atoms. The summed E-state index contributed by atoms with van der Waals surface area (Å²) in [7, 11) is -2.37. The first-order valence-corrected chi connectivity index (χ1v) is 10.2. The number of sulfonamides is 1. The first kappa shape index (κ1) is 20.1. The van der Waals surface area contributed by atoms with Crippen molar-refractivity contribution < 1.29 is 13.2 Å². The number of aromatic nitrogens is 4. The highest BCUT2D eigenvalue weighted by Gasteiger charge is 2.19. The number of methoxy groups -OCH3 is 1. The summed E-state index contributed by atoms with van der Waals surface area (Å²) in [6, 6.07) is 6.18. The van der Waals surface area contributed by atoms with Crippen LogP contribution in [0.15, 0.2) is 47.9 Å². The average Bonchev–Trinajstić information content (AvgIpc) is 3.11. The van der Waals surface area contributed by atoms with E-state index in [9.17, 15) is 8.42 Å². The Hall–Kier alpha value is -2.69. The van der Waals surface area contributed by atoms with Crippen LogP contribution < -0.4 is 14.8 Å². The lowest BCUT2D eigenvalue weighted by atomic mass is 10.3. The molecule has 0 aliphatic carbocycles. The molecule has 0 saturated carbocycles. The van der Waals surface area contributed by atoms with Crippen LogP contribution in [0.4, 0.5) is 5.82 Å². The van der Waals surface area contributed by atoms with Gasteiger partial charge in [-0.2, -0.15) is 0 Å². The van der Waals surface area contributed by atoms with Gasteiger partial charge in [0.05, 0.1) is 7.11 Å². The number of rotatable bonds is 8. The van der Waals surface area contributed by atoms with Gasteiger partial charge >= 0.3 is 0 Å². The molecule has 11 heteroatoms. The second-order valence-electron chi connectivity index (χ2n) is 5.73. The molecule has 0 amide bonds. The number of nitrogens with zero attached hydrogens (tertiary/aromatic N) is 4. The Morgan fingerprint density at radius 2 is 2.00 bits per heavy atom. The first-order chi connectivity index (χ1) is 13.4. The minimum atomic E-state index is -3.77. The molecule has 0 atom stereocenters. The summed E-state index contributed by atoms with van der Waals surface area (Å²) in [5, 5.41) is 3.37. The van der Waals surface area contributed by atoms with Crippen molar-refractivity contribution in [1.82, 2.24) is 24.2 Å². The first-order valence-electron chi connectivity index (χ1n) is 8.30. The van der Waals surface area contributed by atoms with Crippen molar-refractivity contribution in [2.45, 2.75) is 11.8 Å². The van der Waals surface area contributed by atoms with Crippen LogP contribution in [0.3, 0.4) is 0 Å². The molecule has 2 N–H and O–H groups in total. The molecule has 9 nitrogen and oxygen atoms in total. The quantitative estimate of drug-likeness (QED) is 0.534. The molecular weight excluding hydrogens is 404 g/mol. The van der Waals surface area contributed by atoms with Crippen LogP contribution >= 0.6 is 11.6 Å². The monoisotopic (exact) mass is 422 g/mol. The molecule has 3 aromatic rings. The van der Waals surface area contributed by atoms with E-state index < -0.39 is 10.0 Å². The zero-order valence-corrected chi connectivity index (χ0v) is 16.8. The number of ether oxygens (including phenoxy) is 1. The second-order valence-corrected chi connectivity index (χ2v) is 7.90. The molecule has 0 aliphatic heterocycles. The molecule has 0 saturated heterocycles. The highest BCUT2D eigenvalue weighted by Crippen LogP contribution is 2.26. The van der Waals surface area contributed by atoms with Gasteiger partial charge in [0.15, 0.2) is 0 Å². The van der Waals surface area contributed by atoms with Gasteiger partial charge in [-0.1, -0.05) is 11.6 Å². The average molecular weight is 423 g/mol. The summed E-state index contributed by atoms with van der Waals surface area (Å²) in [5.74, 6) is 2.25. The molecule has 2 aromatic heterocycles. The van der Waals surface area contributed by atoms with E-state index in [0.29, 0.717) is 23.2 Å². The number of anilines is 1. The number of benzene rings is 1. The third-order valence-corrected chi connectivity index (χ3v) is 5.58. The predicted octanol–water partition coefficient (Wildman–Crippen LogP) is 2.02. The fourth-order valence-corrected chi connectivity index (χ4v) is 3.97. The highest BCUT2D eigenvalue weighted by molar-refractivity contribution is 7.89. The van der Waals surface area contributed by atoms with Crippen molar-refractivity contribution in [2.24, 2.45) is 0 Å². The molecule has 0 radical (unpaired) electrons. The zero-order valence-electron chi connectivity index (χ0n) is 15.3. The van der Waals surface area contributed by atoms with Crippen molar-refractivity contribution in [3.8, 4) is 11.6 Å². The number of halogens is 1. The largest absolute Gasteiger partial charge is 0.495 e. The van der Waals surface area contributed by atoms with E-state index in [1.54, 1.807) is 24.5 Å². The maximum Gasteiger partial charge on any atom is 0.244 e. The highest BCUT2D eigenvalue weighted by atomic mass is 35.5. The molecule has 3 rings (SSSR count). The standard InChI is InChI=1S/C17H19ClN6O3S/c1-12-19-7-8-24(12)17-10-16(21-11-22-17)20-5-6-23-28(25,26)15-9-13(18)3-4-14(15)27-2/h3-4,7-11,23H,5-6H2,1-2H3,(H,20,21,22). The van der Waals surface area contributed by atoms with Crippen molar-refractivity contribution in [3.63, 3.8) is 0 Å². The summed E-state index contributed by atoms with van der Waals surface area (Å²) in [6.07, 6.45) is 4.91. The van der Waals surface area contributed by atoms with Crippen LogP contribution in [0.1, 0.15) is 5.82 Å². The Labute approximate surface area is 167 Å². The molecule has 0 fully saturated rings. The van der Waals surface area contributed by atoms with Crippen molar-refractivity contribution >= 4 is 27.4 Å². The number of hydrogen-bond donors (Lipinski definition) is 2. The van der Waals surface area contributed by atoms with E-state index in [4.69, 9.17) is 16.3 Å². The van der Waals surface area contributed by atoms with Crippen LogP contribution in [-0.4, -0.2) is 48.1 Å². The summed E-state index contributed by atoms with van der Waals surface area (Å²) in [5.41, 5.74) is 0. The predicted molar refractivity (Wildman–Crippen MR) is 106 cm³/mol. The third kappa shape index (κ3) is 4.58. The number of hydrogen-bond acceptors (Lipinski definition) is 7. The van der Waals surface area contributed by atoms with Crippen LogP contribution in [0.2, 0.25) is 5.02 Å². The Morgan fingerprint density at radius 1 is 1.18 bits per heavy atom. The number of nitrogens with one attached hydrogen (secondary N) is 2. The van der Waals surface area contributed by atoms with E-state index in [2.05, 4.69) is 25.0 Å². The van der Waals surface area contributed by atoms with Crippen molar-refractivity contribution in [2.75, 3.05) is 25.5 Å². The maximum atomic E-state index is 12.5. The van der Waals surface area contributed by atoms with Gasteiger partial charge < -0.3 is 10.1 Å². The van der Waals surface area contributed by atoms with Crippen LogP contribution in [-0.2, 0) is 10.0 Å². The molecule has 2 heterocycles. The van der Waals surface area contributed by atoms with Crippen LogP contribution in [0.25, 0.3) is 5.82 Å². The molecule has 0 unspecified atom stereocenters. The van der Waals surface area contributed by atoms with Gasteiger partial charge in [0, 0.05) is 36.6 Å². The second kappa shape index (κ2) is 8.55. The van der Waals surface area contributed by atoms with Gasteiger partial charge in [-0.05, 0) is 25.1 Å². The molecular formula is C17H19ClN6O3S. The van der Waals surface area contributed by atoms with Crippen molar-refractivity contribution in [1.29, 1.82) is 0 Å². The normalized spacial score (nSPS) is 11.4. The third-order valence-electron chi connectivity index (χ3n) is 3.86. The fourth-order valence-electron chi connectivity index (χ4n) is 2.51. The van der Waals surface area contributed by atoms with Gasteiger partial charge in [-0.25, -0.2) is 28.1 Å². The Kier molecular flexibility index (Phi) is 6.12. The Balaban J connectivity index is 1.62. The number of imidazole rings is 1. The maximum absolute atomic E-state index is 12.5. The minimum Gasteiger partial charge on any atom is -0.495 e. The SMILES string of the molecule is COc1ccc(Cl)cc1S(=O)(=O)NCCNc1cc(-n2ccnc2C)ncn1. The molecule has 1 aromatic carbocycles. The fraction of sp³-hybridized carbons (Fsp3) is 0.235. The van der Waals surface area contributed by atoms with Gasteiger partial charge in [-0.15, -0.1) is 0 Å². The summed E-state index contributed by atoms with van der Waals surface area (Å²) < 4.78 is 34.5. The van der Waals surface area contributed by atoms with Crippen molar-refractivity contribution in [3.05, 3.63) is 53.8 Å². The summed E-state index contributed by atoms with van der Waals surface area (Å²) in [4.78, 5) is 12.5. The lowest BCUT2D eigenvalue weighted by Crippen LogP contribution is -2.29. The zero-order chi connectivity index (χ0) is 20.1. The molecule has 148 valence electrons. The van der Waals surface area contributed by atoms with E-state index >= 15 is 0 Å². The van der Waals surface area contributed by atoms with E-state index in [0.717, 1.165) is 5.82 Å². The van der Waals surface area contributed by atoms with Gasteiger partial charge in [-0.3, -0.25) is 4.57 Å². The Morgan fingerprint density at radius 3 is 2.71 bits per heavy atom. The lowest BCUT2D eigenvalue weighted by molar-refractivity contribution is 0.402. The topological polar surface area (TPSA) is 111 Å². The van der Waals surface area contributed by atoms with Gasteiger partial charge in [0.2, 0.25) is 10.0 Å².